The van der Waals surface area contributed by atoms with Crippen molar-refractivity contribution in [2.75, 3.05) is 14.2 Å². The third-order valence-electron chi connectivity index (χ3n) is 2.92. The van der Waals surface area contributed by atoms with Gasteiger partial charge in [-0.05, 0) is 37.3 Å². The van der Waals surface area contributed by atoms with Crippen molar-refractivity contribution in [1.29, 1.82) is 0 Å². The summed E-state index contributed by atoms with van der Waals surface area (Å²) in [6.45, 7) is 1.89. The quantitative estimate of drug-likeness (QED) is 0.678. The molecule has 6 heteroatoms. The number of methoxy groups -OCH3 is 2. The number of pyridine rings is 1. The normalized spacial score (nSPS) is 10.5. The van der Waals surface area contributed by atoms with Crippen LogP contribution in [0.2, 0.25) is 0 Å². The fraction of sp³-hybridized carbons (Fsp3) is 0.188. The van der Waals surface area contributed by atoms with E-state index in [0.29, 0.717) is 22.8 Å². The summed E-state index contributed by atoms with van der Waals surface area (Å²) in [6, 6.07) is 10.5. The van der Waals surface area contributed by atoms with Crippen LogP contribution < -0.4 is 14.9 Å². The van der Waals surface area contributed by atoms with Crippen LogP contribution in [0, 0.1) is 6.92 Å². The molecule has 1 aromatic heterocycles. The van der Waals surface area contributed by atoms with E-state index in [-0.39, 0.29) is 5.91 Å². The standard InChI is InChI=1S/C16H17N3O3/c1-11-5-4-6-13(18-11)10-17-19-16(20)12-7-8-14(21-2)15(9-12)22-3/h4-10H,1-3H3,(H,19,20)/b17-10-. The van der Waals surface area contributed by atoms with E-state index >= 15 is 0 Å². The predicted octanol–water partition coefficient (Wildman–Crippen LogP) is 2.17. The molecular formula is C16H17N3O3. The third-order valence-corrected chi connectivity index (χ3v) is 2.92. The number of nitrogens with zero attached hydrogens (tertiary/aromatic N) is 2. The molecule has 22 heavy (non-hydrogen) atoms. The van der Waals surface area contributed by atoms with E-state index in [4.69, 9.17) is 9.47 Å². The number of nitrogens with one attached hydrogen (secondary N) is 1. The lowest BCUT2D eigenvalue weighted by Gasteiger charge is -2.08. The summed E-state index contributed by atoms with van der Waals surface area (Å²) in [7, 11) is 3.05. The fourth-order valence-electron chi connectivity index (χ4n) is 1.84. The monoisotopic (exact) mass is 299 g/mol. The zero-order valence-corrected chi connectivity index (χ0v) is 12.7. The molecule has 2 rings (SSSR count). The highest BCUT2D eigenvalue weighted by atomic mass is 16.5. The van der Waals surface area contributed by atoms with Crippen molar-refractivity contribution in [1.82, 2.24) is 10.4 Å². The predicted molar refractivity (Wildman–Crippen MR) is 83.6 cm³/mol. The van der Waals surface area contributed by atoms with Crippen molar-refractivity contribution in [3.8, 4) is 11.5 Å². The van der Waals surface area contributed by atoms with Gasteiger partial charge >= 0.3 is 0 Å². The highest BCUT2D eigenvalue weighted by Crippen LogP contribution is 2.27. The molecule has 1 heterocycles. The number of aromatic nitrogens is 1. The average Bonchev–Trinajstić information content (AvgIpc) is 2.54. The summed E-state index contributed by atoms with van der Waals surface area (Å²) in [5.41, 5.74) is 4.43. The molecule has 114 valence electrons. The Morgan fingerprint density at radius 1 is 1.18 bits per heavy atom. The molecule has 0 atom stereocenters. The van der Waals surface area contributed by atoms with E-state index in [1.54, 1.807) is 24.3 Å². The molecule has 0 spiro atoms. The molecule has 1 N–H and O–H groups in total. The van der Waals surface area contributed by atoms with E-state index in [1.807, 2.05) is 19.1 Å². The molecule has 0 saturated carbocycles. The third kappa shape index (κ3) is 3.82. The molecule has 1 amide bonds. The van der Waals surface area contributed by atoms with Crippen LogP contribution >= 0.6 is 0 Å². The minimum atomic E-state index is -0.343. The van der Waals surface area contributed by atoms with Crippen molar-refractivity contribution >= 4 is 12.1 Å². The maximum Gasteiger partial charge on any atom is 0.271 e. The summed E-state index contributed by atoms with van der Waals surface area (Å²) in [6.07, 6.45) is 1.49. The van der Waals surface area contributed by atoms with Crippen LogP contribution in [0.25, 0.3) is 0 Å². The Hall–Kier alpha value is -2.89. The molecule has 0 aliphatic rings. The van der Waals surface area contributed by atoms with Crippen LogP contribution in [0.4, 0.5) is 0 Å². The summed E-state index contributed by atoms with van der Waals surface area (Å²) in [4.78, 5) is 16.3. The maximum absolute atomic E-state index is 12.0. The van der Waals surface area contributed by atoms with E-state index in [1.165, 1.54) is 20.4 Å². The Bertz CT molecular complexity index is 699. The summed E-state index contributed by atoms with van der Waals surface area (Å²) in [5, 5.41) is 3.90. The Morgan fingerprint density at radius 3 is 2.64 bits per heavy atom. The van der Waals surface area contributed by atoms with Gasteiger partial charge in [0.25, 0.3) is 5.91 Å². The number of aryl methyl sites for hydroxylation is 1. The van der Waals surface area contributed by atoms with Gasteiger partial charge in [-0.25, -0.2) is 5.43 Å². The molecule has 0 saturated heterocycles. The average molecular weight is 299 g/mol. The minimum Gasteiger partial charge on any atom is -0.493 e. The van der Waals surface area contributed by atoms with Gasteiger partial charge in [0.2, 0.25) is 0 Å². The summed E-state index contributed by atoms with van der Waals surface area (Å²) < 4.78 is 10.3. The van der Waals surface area contributed by atoms with Gasteiger partial charge in [0.1, 0.15) is 0 Å². The second-order valence-corrected chi connectivity index (χ2v) is 4.47. The minimum absolute atomic E-state index is 0.343. The lowest BCUT2D eigenvalue weighted by atomic mass is 10.2. The molecule has 6 nitrogen and oxygen atoms in total. The zero-order valence-electron chi connectivity index (χ0n) is 12.7. The maximum atomic E-state index is 12.0. The molecule has 1 aromatic carbocycles. The van der Waals surface area contributed by atoms with E-state index in [2.05, 4.69) is 15.5 Å². The van der Waals surface area contributed by atoms with Crippen LogP contribution in [0.15, 0.2) is 41.5 Å². The van der Waals surface area contributed by atoms with Crippen molar-refractivity contribution in [3.63, 3.8) is 0 Å². The van der Waals surface area contributed by atoms with Gasteiger partial charge in [-0.1, -0.05) is 6.07 Å². The molecule has 0 fully saturated rings. The highest BCUT2D eigenvalue weighted by molar-refractivity contribution is 5.95. The van der Waals surface area contributed by atoms with E-state index in [0.717, 1.165) is 5.69 Å². The highest BCUT2D eigenvalue weighted by Gasteiger charge is 2.09. The SMILES string of the molecule is COc1ccc(C(=O)N/N=C\c2cccc(C)n2)cc1OC. The largest absolute Gasteiger partial charge is 0.493 e. The molecule has 0 aliphatic carbocycles. The Labute approximate surface area is 128 Å². The number of ether oxygens (including phenoxy) is 2. The van der Waals surface area contributed by atoms with Crippen LogP contribution in [0.3, 0.4) is 0 Å². The first-order valence-electron chi connectivity index (χ1n) is 6.63. The lowest BCUT2D eigenvalue weighted by molar-refractivity contribution is 0.0954. The summed E-state index contributed by atoms with van der Waals surface area (Å²) in [5.74, 6) is 0.704. The first-order valence-corrected chi connectivity index (χ1v) is 6.63. The second-order valence-electron chi connectivity index (χ2n) is 4.47. The van der Waals surface area contributed by atoms with E-state index < -0.39 is 0 Å². The number of carbonyl (C=O) groups excluding carboxylic acids is 1. The van der Waals surface area contributed by atoms with Crippen molar-refractivity contribution in [2.24, 2.45) is 5.10 Å². The van der Waals surface area contributed by atoms with Gasteiger partial charge < -0.3 is 9.47 Å². The number of amides is 1. The van der Waals surface area contributed by atoms with Gasteiger partial charge in [-0.3, -0.25) is 9.78 Å². The molecule has 0 bridgehead atoms. The van der Waals surface area contributed by atoms with E-state index in [9.17, 15) is 4.79 Å². The number of benzene rings is 1. The van der Waals surface area contributed by atoms with Crippen molar-refractivity contribution in [3.05, 3.63) is 53.3 Å². The lowest BCUT2D eigenvalue weighted by Crippen LogP contribution is -2.17. The van der Waals surface area contributed by atoms with Gasteiger partial charge in [-0.15, -0.1) is 0 Å². The van der Waals surface area contributed by atoms with Crippen LogP contribution in [0.5, 0.6) is 11.5 Å². The topological polar surface area (TPSA) is 72.8 Å². The number of hydrogen-bond donors (Lipinski definition) is 1. The molecule has 0 aliphatic heterocycles. The Kier molecular flexibility index (Phi) is 5.08. The van der Waals surface area contributed by atoms with Crippen LogP contribution in [0.1, 0.15) is 21.7 Å². The molecule has 0 radical (unpaired) electrons. The summed E-state index contributed by atoms with van der Waals surface area (Å²) >= 11 is 0. The molecule has 2 aromatic rings. The number of rotatable bonds is 5. The Balaban J connectivity index is 2.06. The Morgan fingerprint density at radius 2 is 1.95 bits per heavy atom. The van der Waals surface area contributed by atoms with Crippen molar-refractivity contribution in [2.45, 2.75) is 6.92 Å². The number of carbonyl (C=O) groups is 1. The molecule has 0 unspecified atom stereocenters. The molecular weight excluding hydrogens is 282 g/mol. The van der Waals surface area contributed by atoms with Crippen LogP contribution in [-0.4, -0.2) is 31.3 Å². The fourth-order valence-corrected chi connectivity index (χ4v) is 1.84. The smallest absolute Gasteiger partial charge is 0.271 e. The van der Waals surface area contributed by atoms with Gasteiger partial charge in [0.15, 0.2) is 11.5 Å². The number of hydrogen-bond acceptors (Lipinski definition) is 5. The first kappa shape index (κ1) is 15.5. The zero-order chi connectivity index (χ0) is 15.9. The van der Waals surface area contributed by atoms with Gasteiger partial charge in [-0.2, -0.15) is 5.10 Å². The van der Waals surface area contributed by atoms with Crippen LogP contribution in [-0.2, 0) is 0 Å². The van der Waals surface area contributed by atoms with Crippen molar-refractivity contribution < 1.29 is 14.3 Å². The number of hydrazone groups is 1. The second kappa shape index (κ2) is 7.21. The first-order chi connectivity index (χ1) is 10.6. The van der Waals surface area contributed by atoms with Gasteiger partial charge in [0, 0.05) is 11.3 Å². The van der Waals surface area contributed by atoms with Gasteiger partial charge in [0.05, 0.1) is 26.1 Å².